The first-order valence-electron chi connectivity index (χ1n) is 9.85. The number of rotatable bonds is 11. The topological polar surface area (TPSA) is 81.8 Å². The molecule has 7 nitrogen and oxygen atoms in total. The molecule has 0 aliphatic heterocycles. The molecule has 2 atom stereocenters. The van der Waals surface area contributed by atoms with Gasteiger partial charge in [0.25, 0.3) is 0 Å². The number of carbonyl (C=O) groups is 3. The zero-order chi connectivity index (χ0) is 20.2. The van der Waals surface area contributed by atoms with Gasteiger partial charge in [0.15, 0.2) is 0 Å². The summed E-state index contributed by atoms with van der Waals surface area (Å²) in [5.41, 5.74) is 0. The SMILES string of the molecule is CNCC(C[C@H]1CCCC(=O)C1)C(=O)N(CCCN(C)C)C(=O)NCCF. The van der Waals surface area contributed by atoms with E-state index in [0.29, 0.717) is 38.8 Å². The minimum Gasteiger partial charge on any atom is -0.335 e. The highest BCUT2D eigenvalue weighted by Gasteiger charge is 2.31. The fourth-order valence-corrected chi connectivity index (χ4v) is 3.56. The summed E-state index contributed by atoms with van der Waals surface area (Å²) in [4.78, 5) is 40.4. The second-order valence-electron chi connectivity index (χ2n) is 7.56. The Morgan fingerprint density at radius 2 is 2.04 bits per heavy atom. The number of Topliss-reactive ketones (excluding diaryl/α,β-unsaturated/α-hetero) is 1. The van der Waals surface area contributed by atoms with Crippen LogP contribution in [0.2, 0.25) is 0 Å². The molecule has 8 heteroatoms. The van der Waals surface area contributed by atoms with E-state index >= 15 is 0 Å². The Kier molecular flexibility index (Phi) is 11.1. The van der Waals surface area contributed by atoms with E-state index in [0.717, 1.165) is 19.4 Å². The van der Waals surface area contributed by atoms with Gasteiger partial charge in [-0.3, -0.25) is 14.5 Å². The Bertz CT molecular complexity index is 488. The van der Waals surface area contributed by atoms with E-state index in [1.54, 1.807) is 7.05 Å². The Labute approximate surface area is 162 Å². The average Bonchev–Trinajstić information content (AvgIpc) is 2.62. The number of amides is 3. The normalized spacial score (nSPS) is 18.4. The molecule has 0 aromatic heterocycles. The highest BCUT2D eigenvalue weighted by Crippen LogP contribution is 2.28. The largest absolute Gasteiger partial charge is 0.335 e. The van der Waals surface area contributed by atoms with E-state index in [1.165, 1.54) is 4.90 Å². The number of carbonyl (C=O) groups excluding carboxylic acids is 3. The summed E-state index contributed by atoms with van der Waals surface area (Å²) < 4.78 is 12.4. The molecular formula is C19H35FN4O3. The van der Waals surface area contributed by atoms with Crippen LogP contribution in [-0.4, -0.2) is 81.5 Å². The predicted octanol–water partition coefficient (Wildman–Crippen LogP) is 1.43. The Hall–Kier alpha value is -1.54. The molecule has 1 aliphatic rings. The Morgan fingerprint density at radius 1 is 1.30 bits per heavy atom. The number of imide groups is 1. The maximum atomic E-state index is 13.1. The third-order valence-electron chi connectivity index (χ3n) is 4.87. The number of urea groups is 1. The van der Waals surface area contributed by atoms with Crippen molar-refractivity contribution in [3.8, 4) is 0 Å². The van der Waals surface area contributed by atoms with Gasteiger partial charge in [-0.15, -0.1) is 0 Å². The van der Waals surface area contributed by atoms with E-state index in [1.807, 2.05) is 19.0 Å². The fraction of sp³-hybridized carbons (Fsp3) is 0.842. The van der Waals surface area contributed by atoms with Crippen LogP contribution in [0.1, 0.15) is 38.5 Å². The highest BCUT2D eigenvalue weighted by molar-refractivity contribution is 5.95. The van der Waals surface area contributed by atoms with Crippen LogP contribution in [0, 0.1) is 11.8 Å². The molecule has 1 unspecified atom stereocenters. The molecule has 0 radical (unpaired) electrons. The lowest BCUT2D eigenvalue weighted by Gasteiger charge is -2.29. The molecule has 156 valence electrons. The number of alkyl halides is 1. The van der Waals surface area contributed by atoms with E-state index in [-0.39, 0.29) is 30.1 Å². The summed E-state index contributed by atoms with van der Waals surface area (Å²) in [5.74, 6) is -0.185. The summed E-state index contributed by atoms with van der Waals surface area (Å²) in [6.07, 6.45) is 4.19. The van der Waals surface area contributed by atoms with Gasteiger partial charge in [0, 0.05) is 32.5 Å². The van der Waals surface area contributed by atoms with Crippen LogP contribution in [0.15, 0.2) is 0 Å². The van der Waals surface area contributed by atoms with E-state index < -0.39 is 12.7 Å². The number of ketones is 1. The van der Waals surface area contributed by atoms with Gasteiger partial charge < -0.3 is 15.5 Å². The third-order valence-corrected chi connectivity index (χ3v) is 4.87. The van der Waals surface area contributed by atoms with Crippen molar-refractivity contribution in [2.45, 2.75) is 38.5 Å². The van der Waals surface area contributed by atoms with Gasteiger partial charge >= 0.3 is 6.03 Å². The van der Waals surface area contributed by atoms with Gasteiger partial charge in [-0.2, -0.15) is 0 Å². The smallest absolute Gasteiger partial charge is 0.324 e. The number of nitrogens with one attached hydrogen (secondary N) is 2. The number of hydrogen-bond donors (Lipinski definition) is 2. The van der Waals surface area contributed by atoms with Crippen molar-refractivity contribution in [3.05, 3.63) is 0 Å². The molecule has 0 bridgehead atoms. The lowest BCUT2D eigenvalue weighted by molar-refractivity contribution is -0.133. The lowest BCUT2D eigenvalue weighted by Crippen LogP contribution is -2.49. The summed E-state index contributed by atoms with van der Waals surface area (Å²) in [7, 11) is 5.63. The molecule has 2 N–H and O–H groups in total. The minimum absolute atomic E-state index is 0.107. The van der Waals surface area contributed by atoms with Crippen LogP contribution in [0.3, 0.4) is 0 Å². The molecular weight excluding hydrogens is 351 g/mol. The van der Waals surface area contributed by atoms with Crippen molar-refractivity contribution in [1.82, 2.24) is 20.4 Å². The van der Waals surface area contributed by atoms with Crippen LogP contribution in [0.5, 0.6) is 0 Å². The number of halogens is 1. The quantitative estimate of drug-likeness (QED) is 0.561. The van der Waals surface area contributed by atoms with Crippen LogP contribution >= 0.6 is 0 Å². The first-order valence-corrected chi connectivity index (χ1v) is 9.85. The second-order valence-corrected chi connectivity index (χ2v) is 7.56. The molecule has 1 rings (SSSR count). The maximum absolute atomic E-state index is 13.1. The number of hydrogen-bond acceptors (Lipinski definition) is 5. The van der Waals surface area contributed by atoms with Crippen LogP contribution < -0.4 is 10.6 Å². The third kappa shape index (κ3) is 8.79. The van der Waals surface area contributed by atoms with Gasteiger partial charge in [0.05, 0.1) is 5.92 Å². The molecule has 0 aromatic carbocycles. The van der Waals surface area contributed by atoms with Gasteiger partial charge in [-0.25, -0.2) is 9.18 Å². The van der Waals surface area contributed by atoms with Crippen molar-refractivity contribution in [3.63, 3.8) is 0 Å². The average molecular weight is 387 g/mol. The van der Waals surface area contributed by atoms with Gasteiger partial charge in [0.1, 0.15) is 12.5 Å². The van der Waals surface area contributed by atoms with Crippen molar-refractivity contribution in [2.24, 2.45) is 11.8 Å². The second kappa shape index (κ2) is 12.8. The molecule has 27 heavy (non-hydrogen) atoms. The first kappa shape index (κ1) is 23.5. The van der Waals surface area contributed by atoms with Crippen LogP contribution in [0.25, 0.3) is 0 Å². The zero-order valence-corrected chi connectivity index (χ0v) is 16.9. The Balaban J connectivity index is 2.80. The maximum Gasteiger partial charge on any atom is 0.324 e. The van der Waals surface area contributed by atoms with Crippen molar-refractivity contribution in [1.29, 1.82) is 0 Å². The fourth-order valence-electron chi connectivity index (χ4n) is 3.56. The predicted molar refractivity (Wildman–Crippen MR) is 103 cm³/mol. The standard InChI is InChI=1S/C19H35FN4O3/c1-21-14-16(12-15-6-4-7-17(25)13-15)18(26)24(11-5-10-23(2)3)19(27)22-9-8-20/h15-16,21H,4-14H2,1-3H3,(H,22,27)/t15-,16?/m1/s1. The van der Waals surface area contributed by atoms with Gasteiger partial charge in [-0.05, 0) is 59.3 Å². The molecule has 3 amide bonds. The molecule has 1 aliphatic carbocycles. The van der Waals surface area contributed by atoms with Crippen molar-refractivity contribution in [2.75, 3.05) is 54.0 Å². The van der Waals surface area contributed by atoms with Crippen molar-refractivity contribution >= 4 is 17.7 Å². The summed E-state index contributed by atoms with van der Waals surface area (Å²) in [6, 6.07) is -0.544. The summed E-state index contributed by atoms with van der Waals surface area (Å²) in [5, 5.41) is 5.49. The van der Waals surface area contributed by atoms with Gasteiger partial charge in [-0.1, -0.05) is 0 Å². The molecule has 0 spiro atoms. The van der Waals surface area contributed by atoms with E-state index in [2.05, 4.69) is 10.6 Å². The molecule has 0 heterocycles. The summed E-state index contributed by atoms with van der Waals surface area (Å²) >= 11 is 0. The van der Waals surface area contributed by atoms with E-state index in [4.69, 9.17) is 0 Å². The molecule has 0 aromatic rings. The Morgan fingerprint density at radius 3 is 2.63 bits per heavy atom. The number of nitrogens with zero attached hydrogens (tertiary/aromatic N) is 2. The zero-order valence-electron chi connectivity index (χ0n) is 16.9. The van der Waals surface area contributed by atoms with Crippen LogP contribution in [0.4, 0.5) is 9.18 Å². The lowest BCUT2D eigenvalue weighted by atomic mass is 9.81. The highest BCUT2D eigenvalue weighted by atomic mass is 19.1. The molecule has 0 saturated heterocycles. The van der Waals surface area contributed by atoms with Crippen LogP contribution in [-0.2, 0) is 9.59 Å². The minimum atomic E-state index is -0.671. The monoisotopic (exact) mass is 386 g/mol. The van der Waals surface area contributed by atoms with Crippen molar-refractivity contribution < 1.29 is 18.8 Å². The summed E-state index contributed by atoms with van der Waals surface area (Å²) in [6.45, 7) is 0.705. The molecule has 1 saturated carbocycles. The van der Waals surface area contributed by atoms with E-state index in [9.17, 15) is 18.8 Å². The van der Waals surface area contributed by atoms with Gasteiger partial charge in [0.2, 0.25) is 5.91 Å². The first-order chi connectivity index (χ1) is 12.9. The molecule has 1 fully saturated rings.